The standard InChI is InChI=1S/C44H52N2O4/c1-42(2,3)35-19-29-15-27-13-26(25-46-12-10-11-45-46)14-28(38(27)47)16-30-20-36(43(4,5)6)22-32(40(30)49)18-34-24-37(44(7,8)9)23-33(41(34)50)17-31(21-35)39(29)48/h10-14,19-24,47-50H,15-18,25H2,1-9H3. The van der Waals surface area contributed by atoms with E-state index in [9.17, 15) is 20.4 Å². The fraction of sp³-hybridized carbons (Fsp3) is 0.386. The number of fused-ring (bicyclic) bond motifs is 8. The topological polar surface area (TPSA) is 98.7 Å². The summed E-state index contributed by atoms with van der Waals surface area (Å²) >= 11 is 0. The molecule has 6 nitrogen and oxygen atoms in total. The van der Waals surface area contributed by atoms with Gasteiger partial charge >= 0.3 is 0 Å². The lowest BCUT2D eigenvalue weighted by molar-refractivity contribution is 0.448. The molecule has 4 N–H and O–H groups in total. The molecular formula is C44H52N2O4. The Hall–Kier alpha value is -4.71. The number of benzene rings is 4. The van der Waals surface area contributed by atoms with Gasteiger partial charge in [-0.05, 0) is 101 Å². The molecule has 1 aliphatic rings. The van der Waals surface area contributed by atoms with Gasteiger partial charge in [0.15, 0.2) is 0 Å². The van der Waals surface area contributed by atoms with Gasteiger partial charge in [-0.15, -0.1) is 0 Å². The molecule has 8 bridgehead atoms. The van der Waals surface area contributed by atoms with Crippen molar-refractivity contribution in [2.45, 2.75) is 111 Å². The molecule has 0 atom stereocenters. The van der Waals surface area contributed by atoms with E-state index in [1.807, 2.05) is 41.2 Å². The highest BCUT2D eigenvalue weighted by molar-refractivity contribution is 5.58. The van der Waals surface area contributed by atoms with Crippen LogP contribution in [-0.4, -0.2) is 30.2 Å². The van der Waals surface area contributed by atoms with Gasteiger partial charge in [-0.25, -0.2) is 0 Å². The van der Waals surface area contributed by atoms with Crippen molar-refractivity contribution in [1.82, 2.24) is 9.78 Å². The van der Waals surface area contributed by atoms with Crippen molar-refractivity contribution < 1.29 is 20.4 Å². The van der Waals surface area contributed by atoms with E-state index < -0.39 is 0 Å². The van der Waals surface area contributed by atoms with E-state index in [-0.39, 0.29) is 39.2 Å². The molecule has 0 fully saturated rings. The average Bonchev–Trinajstić information content (AvgIpc) is 3.51. The highest BCUT2D eigenvalue weighted by Crippen LogP contribution is 2.42. The largest absolute Gasteiger partial charge is 0.507 e. The van der Waals surface area contributed by atoms with E-state index in [4.69, 9.17) is 0 Å². The first-order chi connectivity index (χ1) is 23.3. The fourth-order valence-corrected chi connectivity index (χ4v) is 6.98. The number of rotatable bonds is 2. The van der Waals surface area contributed by atoms with Gasteiger partial charge < -0.3 is 20.4 Å². The lowest BCUT2D eigenvalue weighted by Crippen LogP contribution is -2.15. The molecule has 0 saturated carbocycles. The van der Waals surface area contributed by atoms with Crippen LogP contribution in [0.3, 0.4) is 0 Å². The third-order valence-corrected chi connectivity index (χ3v) is 10.2. The van der Waals surface area contributed by atoms with Crippen molar-refractivity contribution in [3.63, 3.8) is 0 Å². The molecule has 0 aliphatic heterocycles. The first kappa shape index (κ1) is 35.1. The quantitative estimate of drug-likeness (QED) is 0.147. The summed E-state index contributed by atoms with van der Waals surface area (Å²) < 4.78 is 1.85. The molecule has 0 spiro atoms. The van der Waals surface area contributed by atoms with Gasteiger partial charge in [0.25, 0.3) is 0 Å². The third kappa shape index (κ3) is 7.12. The van der Waals surface area contributed by atoms with Crippen molar-refractivity contribution in [3.05, 3.63) is 134 Å². The third-order valence-electron chi connectivity index (χ3n) is 10.2. The number of aromatic nitrogens is 2. The Kier molecular flexibility index (Phi) is 8.82. The van der Waals surface area contributed by atoms with Crippen LogP contribution in [0.15, 0.2) is 67.0 Å². The second-order valence-corrected chi connectivity index (χ2v) is 17.4. The summed E-state index contributed by atoms with van der Waals surface area (Å²) in [5.74, 6) is 0.676. The summed E-state index contributed by atoms with van der Waals surface area (Å²) in [6.07, 6.45) is 4.90. The average molecular weight is 673 g/mol. The van der Waals surface area contributed by atoms with Crippen molar-refractivity contribution in [2.24, 2.45) is 0 Å². The smallest absolute Gasteiger partial charge is 0.122 e. The molecule has 6 rings (SSSR count). The maximum atomic E-state index is 11.9. The monoisotopic (exact) mass is 672 g/mol. The maximum absolute atomic E-state index is 11.9. The SMILES string of the molecule is CC(C)(C)c1cc2c(O)c(c1)Cc1cc(C(C)(C)C)cc(c1O)Cc1cc(C(C)(C)C)cc(c1O)Cc1cc(Cn3cccn3)cc(c1O)C2. The molecule has 1 heterocycles. The number of phenolic OH excluding ortho intramolecular Hbond substituents is 4. The zero-order chi connectivity index (χ0) is 36.3. The second-order valence-electron chi connectivity index (χ2n) is 17.4. The van der Waals surface area contributed by atoms with E-state index >= 15 is 0 Å². The predicted molar refractivity (Wildman–Crippen MR) is 201 cm³/mol. The highest BCUT2D eigenvalue weighted by Gasteiger charge is 2.26. The van der Waals surface area contributed by atoms with Crippen LogP contribution in [0, 0.1) is 0 Å². The summed E-state index contributed by atoms with van der Waals surface area (Å²) in [6.45, 7) is 19.9. The Morgan fingerprint density at radius 3 is 1.00 bits per heavy atom. The molecule has 6 heteroatoms. The van der Waals surface area contributed by atoms with E-state index in [2.05, 4.69) is 91.7 Å². The van der Waals surface area contributed by atoms with Crippen LogP contribution >= 0.6 is 0 Å². The molecule has 262 valence electrons. The Morgan fingerprint density at radius 1 is 0.480 bits per heavy atom. The van der Waals surface area contributed by atoms with E-state index in [1.165, 1.54) is 0 Å². The van der Waals surface area contributed by atoms with Crippen LogP contribution in [0.5, 0.6) is 23.0 Å². The van der Waals surface area contributed by atoms with Crippen LogP contribution in [0.1, 0.15) is 129 Å². The maximum Gasteiger partial charge on any atom is 0.122 e. The molecule has 0 radical (unpaired) electrons. The van der Waals surface area contributed by atoms with Gasteiger partial charge in [-0.3, -0.25) is 4.68 Å². The zero-order valence-electron chi connectivity index (χ0n) is 31.1. The Labute approximate surface area is 297 Å². The molecule has 1 aromatic heterocycles. The van der Waals surface area contributed by atoms with Crippen molar-refractivity contribution in [2.75, 3.05) is 0 Å². The van der Waals surface area contributed by atoms with Gasteiger partial charge in [0.05, 0.1) is 6.54 Å². The normalized spacial score (nSPS) is 13.8. The number of aromatic hydroxyl groups is 4. The summed E-state index contributed by atoms with van der Waals surface area (Å²) in [6, 6.07) is 18.2. The predicted octanol–water partition coefficient (Wildman–Crippen LogP) is 9.32. The lowest BCUT2D eigenvalue weighted by Gasteiger charge is -2.26. The summed E-state index contributed by atoms with van der Waals surface area (Å²) in [5.41, 5.74) is 9.25. The summed E-state index contributed by atoms with van der Waals surface area (Å²) in [5, 5.41) is 52.2. The van der Waals surface area contributed by atoms with E-state index in [0.717, 1.165) is 44.5 Å². The van der Waals surface area contributed by atoms with Gasteiger partial charge in [0.1, 0.15) is 23.0 Å². The zero-order valence-corrected chi connectivity index (χ0v) is 31.1. The minimum absolute atomic E-state index is 0.156. The van der Waals surface area contributed by atoms with Gasteiger partial charge in [0, 0.05) is 38.1 Å². The number of nitrogens with zero attached hydrogens (tertiary/aromatic N) is 2. The second kappa shape index (κ2) is 12.6. The van der Waals surface area contributed by atoms with Gasteiger partial charge in [-0.1, -0.05) is 98.7 Å². The van der Waals surface area contributed by atoms with Crippen molar-refractivity contribution in [3.8, 4) is 23.0 Å². The number of hydrogen-bond acceptors (Lipinski definition) is 5. The first-order valence-electron chi connectivity index (χ1n) is 17.6. The molecule has 4 aromatic carbocycles. The van der Waals surface area contributed by atoms with E-state index in [0.29, 0.717) is 54.5 Å². The molecule has 50 heavy (non-hydrogen) atoms. The fourth-order valence-electron chi connectivity index (χ4n) is 6.98. The molecule has 0 unspecified atom stereocenters. The van der Waals surface area contributed by atoms with Crippen LogP contribution in [0.2, 0.25) is 0 Å². The highest BCUT2D eigenvalue weighted by atomic mass is 16.3. The first-order valence-corrected chi connectivity index (χ1v) is 17.6. The van der Waals surface area contributed by atoms with E-state index in [1.54, 1.807) is 6.20 Å². The van der Waals surface area contributed by atoms with Crippen molar-refractivity contribution in [1.29, 1.82) is 0 Å². The van der Waals surface area contributed by atoms with Gasteiger partial charge in [0.2, 0.25) is 0 Å². The van der Waals surface area contributed by atoms with Crippen LogP contribution < -0.4 is 0 Å². The van der Waals surface area contributed by atoms with Crippen LogP contribution in [0.4, 0.5) is 0 Å². The lowest BCUT2D eigenvalue weighted by atomic mass is 9.80. The molecular weight excluding hydrogens is 620 g/mol. The summed E-state index contributed by atoms with van der Waals surface area (Å²) in [4.78, 5) is 0. The number of phenols is 4. The Morgan fingerprint density at radius 2 is 0.760 bits per heavy atom. The van der Waals surface area contributed by atoms with Crippen LogP contribution in [-0.2, 0) is 48.5 Å². The summed E-state index contributed by atoms with van der Waals surface area (Å²) in [7, 11) is 0. The van der Waals surface area contributed by atoms with Crippen LogP contribution in [0.25, 0.3) is 0 Å². The molecule has 0 saturated heterocycles. The Balaban J connectivity index is 1.66. The van der Waals surface area contributed by atoms with Gasteiger partial charge in [-0.2, -0.15) is 5.10 Å². The Bertz CT molecular complexity index is 1950. The minimum atomic E-state index is -0.210. The number of hydrogen-bond donors (Lipinski definition) is 4. The van der Waals surface area contributed by atoms with Crippen molar-refractivity contribution >= 4 is 0 Å². The molecule has 1 aliphatic carbocycles. The molecule has 5 aromatic rings. The minimum Gasteiger partial charge on any atom is -0.507 e. The molecule has 0 amide bonds.